The van der Waals surface area contributed by atoms with Gasteiger partial charge in [0, 0.05) is 17.5 Å². The van der Waals surface area contributed by atoms with Crippen LogP contribution in [0.15, 0.2) is 30.3 Å². The van der Waals surface area contributed by atoms with Gasteiger partial charge in [0.2, 0.25) is 0 Å². The molecule has 3 nitrogen and oxygen atoms in total. The van der Waals surface area contributed by atoms with Gasteiger partial charge in [0.25, 0.3) is 0 Å². The largest absolute Gasteiger partial charge is 0.480 e. The standard InChI is InChI=1S/C12H15NO2S/c14-12(15)11-6-10(7-13-11)16-8-9-4-2-1-3-5-9/h1-5,10-11,13H,6-8H2,(H,14,15)/t10?,11-/m0/s1. The van der Waals surface area contributed by atoms with Crippen LogP contribution in [0.5, 0.6) is 0 Å². The Kier molecular flexibility index (Phi) is 3.85. The Balaban J connectivity index is 1.78. The molecule has 0 aromatic heterocycles. The number of carbonyl (C=O) groups is 1. The van der Waals surface area contributed by atoms with Crippen molar-refractivity contribution >= 4 is 17.7 Å². The van der Waals surface area contributed by atoms with E-state index in [0.717, 1.165) is 18.7 Å². The van der Waals surface area contributed by atoms with Gasteiger partial charge in [0.1, 0.15) is 6.04 Å². The number of aliphatic carboxylic acids is 1. The topological polar surface area (TPSA) is 49.3 Å². The van der Waals surface area contributed by atoms with Crippen LogP contribution in [0.1, 0.15) is 12.0 Å². The molecule has 1 saturated heterocycles. The average molecular weight is 237 g/mol. The Labute approximate surface area is 99.2 Å². The van der Waals surface area contributed by atoms with E-state index < -0.39 is 5.97 Å². The van der Waals surface area contributed by atoms with E-state index in [0.29, 0.717) is 5.25 Å². The highest BCUT2D eigenvalue weighted by atomic mass is 32.2. The Bertz CT molecular complexity index is 355. The lowest BCUT2D eigenvalue weighted by Gasteiger charge is -2.07. The maximum atomic E-state index is 10.7. The smallest absolute Gasteiger partial charge is 0.320 e. The molecule has 1 aromatic carbocycles. The van der Waals surface area contributed by atoms with E-state index in [9.17, 15) is 4.79 Å². The minimum absolute atomic E-state index is 0.353. The molecule has 0 amide bonds. The first-order valence-electron chi connectivity index (χ1n) is 5.37. The number of hydrogen-bond donors (Lipinski definition) is 2. The van der Waals surface area contributed by atoms with Crippen LogP contribution in [0.2, 0.25) is 0 Å². The molecule has 1 heterocycles. The fourth-order valence-corrected chi connectivity index (χ4v) is 2.97. The number of benzene rings is 1. The summed E-state index contributed by atoms with van der Waals surface area (Å²) in [5, 5.41) is 12.3. The molecule has 2 atom stereocenters. The van der Waals surface area contributed by atoms with Gasteiger partial charge in [0.05, 0.1) is 0 Å². The average Bonchev–Trinajstić information content (AvgIpc) is 2.76. The SMILES string of the molecule is O=C(O)[C@@H]1CC(SCc2ccccc2)CN1. The monoisotopic (exact) mass is 237 g/mol. The first kappa shape index (κ1) is 11.5. The number of thioether (sulfide) groups is 1. The van der Waals surface area contributed by atoms with Crippen molar-refractivity contribution in [2.45, 2.75) is 23.5 Å². The van der Waals surface area contributed by atoms with Crippen LogP contribution in [0.3, 0.4) is 0 Å². The predicted molar refractivity (Wildman–Crippen MR) is 65.6 cm³/mol. The van der Waals surface area contributed by atoms with Crippen molar-refractivity contribution in [2.24, 2.45) is 0 Å². The van der Waals surface area contributed by atoms with E-state index in [1.165, 1.54) is 5.56 Å². The molecule has 2 N–H and O–H groups in total. The van der Waals surface area contributed by atoms with Crippen molar-refractivity contribution < 1.29 is 9.90 Å². The quantitative estimate of drug-likeness (QED) is 0.837. The van der Waals surface area contributed by atoms with E-state index in [1.54, 1.807) is 0 Å². The summed E-state index contributed by atoms with van der Waals surface area (Å²) >= 11 is 1.83. The second kappa shape index (κ2) is 5.37. The Morgan fingerprint density at radius 3 is 2.81 bits per heavy atom. The van der Waals surface area contributed by atoms with Crippen molar-refractivity contribution in [3.8, 4) is 0 Å². The normalized spacial score (nSPS) is 24.5. The highest BCUT2D eigenvalue weighted by Gasteiger charge is 2.29. The molecule has 1 aliphatic heterocycles. The second-order valence-corrected chi connectivity index (χ2v) is 5.24. The zero-order chi connectivity index (χ0) is 11.4. The lowest BCUT2D eigenvalue weighted by atomic mass is 10.2. The molecule has 1 aromatic rings. The van der Waals surface area contributed by atoms with Gasteiger partial charge in [-0.25, -0.2) is 0 Å². The summed E-state index contributed by atoms with van der Waals surface area (Å²) in [5.41, 5.74) is 1.30. The molecule has 2 rings (SSSR count). The van der Waals surface area contributed by atoms with Crippen LogP contribution in [0, 0.1) is 0 Å². The Morgan fingerprint density at radius 1 is 1.44 bits per heavy atom. The highest BCUT2D eigenvalue weighted by molar-refractivity contribution is 7.99. The fourth-order valence-electron chi connectivity index (χ4n) is 1.81. The summed E-state index contributed by atoms with van der Waals surface area (Å²) in [6.07, 6.45) is 0.729. The number of nitrogens with one attached hydrogen (secondary N) is 1. The van der Waals surface area contributed by atoms with Crippen molar-refractivity contribution in [3.63, 3.8) is 0 Å². The molecule has 0 radical (unpaired) electrons. The summed E-state index contributed by atoms with van der Waals surface area (Å²) in [6, 6.07) is 9.92. The molecule has 1 fully saturated rings. The second-order valence-electron chi connectivity index (χ2n) is 3.95. The van der Waals surface area contributed by atoms with Gasteiger partial charge in [-0.05, 0) is 12.0 Å². The predicted octanol–water partition coefficient (Wildman–Crippen LogP) is 1.73. The van der Waals surface area contributed by atoms with E-state index in [4.69, 9.17) is 5.11 Å². The first-order chi connectivity index (χ1) is 7.75. The molecule has 1 aliphatic rings. The molecule has 0 bridgehead atoms. The van der Waals surface area contributed by atoms with Crippen LogP contribution in [-0.2, 0) is 10.5 Å². The number of hydrogen-bond acceptors (Lipinski definition) is 3. The van der Waals surface area contributed by atoms with Crippen molar-refractivity contribution in [1.82, 2.24) is 5.32 Å². The Hall–Kier alpha value is -1.00. The fraction of sp³-hybridized carbons (Fsp3) is 0.417. The van der Waals surface area contributed by atoms with Gasteiger partial charge >= 0.3 is 5.97 Å². The van der Waals surface area contributed by atoms with Crippen LogP contribution in [-0.4, -0.2) is 28.9 Å². The summed E-state index contributed by atoms with van der Waals surface area (Å²) in [5.74, 6) is 0.224. The van der Waals surface area contributed by atoms with E-state index in [1.807, 2.05) is 30.0 Å². The third-order valence-electron chi connectivity index (χ3n) is 2.72. The summed E-state index contributed by atoms with van der Waals surface area (Å²) in [4.78, 5) is 10.7. The summed E-state index contributed by atoms with van der Waals surface area (Å²) in [6.45, 7) is 0.800. The van der Waals surface area contributed by atoms with Crippen LogP contribution < -0.4 is 5.32 Å². The zero-order valence-electron chi connectivity index (χ0n) is 8.93. The summed E-state index contributed by atoms with van der Waals surface area (Å²) in [7, 11) is 0. The third-order valence-corrected chi connectivity index (χ3v) is 4.05. The van der Waals surface area contributed by atoms with E-state index in [-0.39, 0.29) is 6.04 Å². The minimum Gasteiger partial charge on any atom is -0.480 e. The van der Waals surface area contributed by atoms with Crippen molar-refractivity contribution in [3.05, 3.63) is 35.9 Å². The van der Waals surface area contributed by atoms with Gasteiger partial charge in [-0.3, -0.25) is 4.79 Å². The highest BCUT2D eigenvalue weighted by Crippen LogP contribution is 2.24. The molecule has 4 heteroatoms. The van der Waals surface area contributed by atoms with Crippen LogP contribution >= 0.6 is 11.8 Å². The lowest BCUT2D eigenvalue weighted by Crippen LogP contribution is -2.29. The molecular weight excluding hydrogens is 222 g/mol. The van der Waals surface area contributed by atoms with E-state index >= 15 is 0 Å². The van der Waals surface area contributed by atoms with Crippen LogP contribution in [0.25, 0.3) is 0 Å². The van der Waals surface area contributed by atoms with Gasteiger partial charge in [-0.15, -0.1) is 0 Å². The third kappa shape index (κ3) is 3.00. The zero-order valence-corrected chi connectivity index (χ0v) is 9.74. The maximum Gasteiger partial charge on any atom is 0.320 e. The van der Waals surface area contributed by atoms with Gasteiger partial charge < -0.3 is 10.4 Å². The maximum absolute atomic E-state index is 10.7. The first-order valence-corrected chi connectivity index (χ1v) is 6.42. The van der Waals surface area contributed by atoms with Crippen molar-refractivity contribution in [1.29, 1.82) is 0 Å². The van der Waals surface area contributed by atoms with Crippen LogP contribution in [0.4, 0.5) is 0 Å². The van der Waals surface area contributed by atoms with Crippen molar-refractivity contribution in [2.75, 3.05) is 6.54 Å². The number of rotatable bonds is 4. The molecule has 0 aliphatic carbocycles. The van der Waals surface area contributed by atoms with Gasteiger partial charge in [0.15, 0.2) is 0 Å². The molecule has 86 valence electrons. The summed E-state index contributed by atoms with van der Waals surface area (Å²) < 4.78 is 0. The van der Waals surface area contributed by atoms with Gasteiger partial charge in [-0.2, -0.15) is 11.8 Å². The molecular formula is C12H15NO2S. The minimum atomic E-state index is -0.734. The molecule has 16 heavy (non-hydrogen) atoms. The molecule has 0 saturated carbocycles. The van der Waals surface area contributed by atoms with Gasteiger partial charge in [-0.1, -0.05) is 30.3 Å². The van der Waals surface area contributed by atoms with E-state index in [2.05, 4.69) is 17.4 Å². The lowest BCUT2D eigenvalue weighted by molar-refractivity contribution is -0.139. The molecule has 0 spiro atoms. The Morgan fingerprint density at radius 2 is 2.19 bits per heavy atom. The number of carboxylic acids is 1. The number of carboxylic acid groups (broad SMARTS) is 1. The molecule has 1 unspecified atom stereocenters.